The number of nitrogens with zero attached hydrogens (tertiary/aromatic N) is 2. The minimum Gasteiger partial charge on any atom is -0.497 e. The molecule has 1 aromatic carbocycles. The number of fused-ring (bicyclic) bond motifs is 3. The van der Waals surface area contributed by atoms with E-state index in [-0.39, 0.29) is 25.0 Å². The van der Waals surface area contributed by atoms with E-state index >= 15 is 0 Å². The molecule has 3 heterocycles. The molecule has 0 spiro atoms. The van der Waals surface area contributed by atoms with Gasteiger partial charge in [-0.25, -0.2) is 14.7 Å². The third-order valence-corrected chi connectivity index (χ3v) is 7.69. The fourth-order valence-corrected chi connectivity index (χ4v) is 6.03. The average Bonchev–Trinajstić information content (AvgIpc) is 3.33. The number of nitrogens with two attached hydrogens (primary N) is 1. The molecule has 2 aliphatic rings. The van der Waals surface area contributed by atoms with Crippen LogP contribution >= 0.6 is 22.9 Å². The number of cyclic esters (lactones) is 1. The second-order valence-electron chi connectivity index (χ2n) is 8.04. The van der Waals surface area contributed by atoms with Gasteiger partial charge in [0.1, 0.15) is 10.6 Å². The van der Waals surface area contributed by atoms with E-state index in [0.717, 1.165) is 36.7 Å². The summed E-state index contributed by atoms with van der Waals surface area (Å²) in [7, 11) is 1.60. The molecule has 8 nitrogen and oxygen atoms in total. The summed E-state index contributed by atoms with van der Waals surface area (Å²) in [4.78, 5) is 43.5. The molecule has 1 atom stereocenters. The number of hydrogen-bond acceptors (Lipinski definition) is 7. The van der Waals surface area contributed by atoms with Crippen molar-refractivity contribution < 1.29 is 23.9 Å². The Morgan fingerprint density at radius 1 is 1.33 bits per heavy atom. The highest BCUT2D eigenvalue weighted by atomic mass is 35.5. The van der Waals surface area contributed by atoms with Gasteiger partial charge in [0.2, 0.25) is 5.91 Å². The summed E-state index contributed by atoms with van der Waals surface area (Å²) in [5.41, 5.74) is 8.75. The van der Waals surface area contributed by atoms with Crippen LogP contribution in [0.4, 0.5) is 4.79 Å². The molecular weight excluding hydrogens is 466 g/mol. The molecule has 3 aromatic rings. The van der Waals surface area contributed by atoms with E-state index in [1.807, 2.05) is 24.3 Å². The highest BCUT2D eigenvalue weighted by molar-refractivity contribution is 7.19. The van der Waals surface area contributed by atoms with Crippen molar-refractivity contribution in [3.8, 4) is 16.9 Å². The zero-order valence-corrected chi connectivity index (χ0v) is 19.3. The SMILES string of the molecule is COc1ccc(-c2c(Cl)c(CN3C(=O)COC3=O)nc3sc4c(c23)CC[C@@H](C(N)=O)C4)cc1. The molecule has 3 amide bonds. The van der Waals surface area contributed by atoms with Gasteiger partial charge in [0, 0.05) is 21.7 Å². The summed E-state index contributed by atoms with van der Waals surface area (Å²) in [6.45, 7) is -0.367. The number of primary amides is 1. The molecule has 1 aliphatic carbocycles. The van der Waals surface area contributed by atoms with Crippen LogP contribution in [0, 0.1) is 5.92 Å². The number of carbonyl (C=O) groups is 3. The molecule has 1 saturated heterocycles. The van der Waals surface area contributed by atoms with Gasteiger partial charge in [0.05, 0.1) is 24.4 Å². The predicted molar refractivity (Wildman–Crippen MR) is 123 cm³/mol. The zero-order chi connectivity index (χ0) is 23.3. The van der Waals surface area contributed by atoms with Crippen LogP contribution in [0.25, 0.3) is 21.3 Å². The number of pyridine rings is 1. The van der Waals surface area contributed by atoms with Crippen LogP contribution in [-0.2, 0) is 33.7 Å². The molecule has 1 fully saturated rings. The van der Waals surface area contributed by atoms with E-state index in [2.05, 4.69) is 0 Å². The summed E-state index contributed by atoms with van der Waals surface area (Å²) in [5, 5.41) is 1.31. The van der Waals surface area contributed by atoms with Gasteiger partial charge < -0.3 is 15.2 Å². The predicted octanol–water partition coefficient (Wildman–Crippen LogP) is 3.69. The van der Waals surface area contributed by atoms with E-state index in [0.29, 0.717) is 35.7 Å². The second-order valence-corrected chi connectivity index (χ2v) is 9.50. The number of halogens is 1. The number of aryl methyl sites for hydroxylation is 1. The van der Waals surface area contributed by atoms with Crippen molar-refractivity contribution in [2.24, 2.45) is 11.7 Å². The second kappa shape index (κ2) is 8.31. The normalized spacial score (nSPS) is 17.9. The molecule has 33 heavy (non-hydrogen) atoms. The number of rotatable bonds is 5. The standard InChI is InChI=1S/C23H20ClN3O5S/c1-31-13-5-2-11(3-6-13)18-19-14-7-4-12(21(25)29)8-16(14)33-22(19)26-15(20(18)24)9-27-17(28)10-32-23(27)30/h2-3,5-6,12H,4,7-10H2,1H3,(H2,25,29)/t12-/m1/s1. The third-order valence-electron chi connectivity index (χ3n) is 6.14. The van der Waals surface area contributed by atoms with Gasteiger partial charge in [0.15, 0.2) is 6.61 Å². The Morgan fingerprint density at radius 2 is 2.09 bits per heavy atom. The van der Waals surface area contributed by atoms with Gasteiger partial charge in [-0.2, -0.15) is 0 Å². The van der Waals surface area contributed by atoms with Crippen LogP contribution < -0.4 is 10.5 Å². The smallest absolute Gasteiger partial charge is 0.417 e. The fourth-order valence-electron chi connectivity index (χ4n) is 4.39. The summed E-state index contributed by atoms with van der Waals surface area (Å²) in [6.07, 6.45) is 1.22. The van der Waals surface area contributed by atoms with Crippen LogP contribution in [0.5, 0.6) is 5.75 Å². The van der Waals surface area contributed by atoms with Crippen LogP contribution in [0.15, 0.2) is 24.3 Å². The molecule has 170 valence electrons. The number of carbonyl (C=O) groups excluding carboxylic acids is 3. The number of methoxy groups -OCH3 is 1. The van der Waals surface area contributed by atoms with Gasteiger partial charge in [-0.3, -0.25) is 9.59 Å². The molecular formula is C23H20ClN3O5S. The number of hydrogen-bond donors (Lipinski definition) is 1. The first-order chi connectivity index (χ1) is 15.9. The lowest BCUT2D eigenvalue weighted by atomic mass is 9.86. The first-order valence-electron chi connectivity index (χ1n) is 10.4. The lowest BCUT2D eigenvalue weighted by Crippen LogP contribution is -2.29. The van der Waals surface area contributed by atoms with E-state index in [1.54, 1.807) is 7.11 Å². The number of thiophene rings is 1. The highest BCUT2D eigenvalue weighted by Gasteiger charge is 2.34. The van der Waals surface area contributed by atoms with Crippen molar-refractivity contribution >= 4 is 51.1 Å². The quantitative estimate of drug-likeness (QED) is 0.589. The lowest BCUT2D eigenvalue weighted by molar-refractivity contribution is -0.126. The van der Waals surface area contributed by atoms with Crippen molar-refractivity contribution in [1.29, 1.82) is 0 Å². The van der Waals surface area contributed by atoms with Gasteiger partial charge in [0.25, 0.3) is 5.91 Å². The Bertz CT molecular complexity index is 1290. The Morgan fingerprint density at radius 3 is 2.73 bits per heavy atom. The Labute approximate surface area is 198 Å². The molecule has 0 saturated carbocycles. The molecule has 0 bridgehead atoms. The van der Waals surface area contributed by atoms with Gasteiger partial charge in [-0.05, 0) is 42.5 Å². The monoisotopic (exact) mass is 485 g/mol. The first-order valence-corrected chi connectivity index (χ1v) is 11.6. The number of benzene rings is 1. The van der Waals surface area contributed by atoms with Crippen molar-refractivity contribution in [2.45, 2.75) is 25.8 Å². The van der Waals surface area contributed by atoms with Crippen molar-refractivity contribution in [3.05, 3.63) is 45.4 Å². The molecule has 0 radical (unpaired) electrons. The molecule has 5 rings (SSSR count). The molecule has 0 unspecified atom stereocenters. The zero-order valence-electron chi connectivity index (χ0n) is 17.7. The maximum Gasteiger partial charge on any atom is 0.417 e. The highest BCUT2D eigenvalue weighted by Crippen LogP contribution is 2.46. The molecule has 2 aromatic heterocycles. The minimum absolute atomic E-state index is 0.0813. The minimum atomic E-state index is -0.710. The number of ether oxygens (including phenoxy) is 2. The van der Waals surface area contributed by atoms with E-state index in [1.165, 1.54) is 11.3 Å². The van der Waals surface area contributed by atoms with Crippen LogP contribution in [0.1, 0.15) is 22.6 Å². The summed E-state index contributed by atoms with van der Waals surface area (Å²) < 4.78 is 10.1. The summed E-state index contributed by atoms with van der Waals surface area (Å²) >= 11 is 8.39. The van der Waals surface area contributed by atoms with Crippen molar-refractivity contribution in [3.63, 3.8) is 0 Å². The summed E-state index contributed by atoms with van der Waals surface area (Å²) in [6, 6.07) is 7.52. The third kappa shape index (κ3) is 3.71. The maximum absolute atomic E-state index is 12.1. The Balaban J connectivity index is 1.69. The Hall–Kier alpha value is -3.17. The number of aromatic nitrogens is 1. The number of amides is 3. The van der Waals surface area contributed by atoms with Gasteiger partial charge in [-0.1, -0.05) is 23.7 Å². The van der Waals surface area contributed by atoms with Crippen LogP contribution in [-0.4, -0.2) is 41.5 Å². The molecule has 10 heteroatoms. The van der Waals surface area contributed by atoms with Gasteiger partial charge >= 0.3 is 6.09 Å². The number of imide groups is 1. The molecule has 1 aliphatic heterocycles. The largest absolute Gasteiger partial charge is 0.497 e. The van der Waals surface area contributed by atoms with Gasteiger partial charge in [-0.15, -0.1) is 11.3 Å². The topological polar surface area (TPSA) is 112 Å². The first kappa shape index (κ1) is 21.7. The van der Waals surface area contributed by atoms with E-state index in [9.17, 15) is 14.4 Å². The molecule has 2 N–H and O–H groups in total. The summed E-state index contributed by atoms with van der Waals surface area (Å²) in [5.74, 6) is -0.227. The van der Waals surface area contributed by atoms with Crippen molar-refractivity contribution in [1.82, 2.24) is 9.88 Å². The Kier molecular flexibility index (Phi) is 5.46. The average molecular weight is 486 g/mol. The van der Waals surface area contributed by atoms with E-state index < -0.39 is 12.0 Å². The lowest BCUT2D eigenvalue weighted by Gasteiger charge is -2.20. The van der Waals surface area contributed by atoms with E-state index in [4.69, 9.17) is 31.8 Å². The fraction of sp³-hybridized carbons (Fsp3) is 0.304. The van der Waals surface area contributed by atoms with Crippen LogP contribution in [0.2, 0.25) is 5.02 Å². The van der Waals surface area contributed by atoms with Crippen LogP contribution in [0.3, 0.4) is 0 Å². The maximum atomic E-state index is 12.1. The van der Waals surface area contributed by atoms with Crippen molar-refractivity contribution in [2.75, 3.05) is 13.7 Å².